The molecule has 0 spiro atoms. The molecule has 2 unspecified atom stereocenters. The fourth-order valence-corrected chi connectivity index (χ4v) is 0.835. The molecule has 0 aromatic rings. The van der Waals surface area contributed by atoms with E-state index < -0.39 is 6.10 Å². The van der Waals surface area contributed by atoms with Crippen molar-refractivity contribution in [2.75, 3.05) is 13.1 Å². The first-order chi connectivity index (χ1) is 4.34. The molecule has 9 heavy (non-hydrogen) atoms. The fourth-order valence-electron chi connectivity index (χ4n) is 0.835. The van der Waals surface area contributed by atoms with Crippen LogP contribution in [0.25, 0.3) is 10.4 Å². The fraction of sp³-hybridized carbons (Fsp3) is 1.00. The van der Waals surface area contributed by atoms with Crippen molar-refractivity contribution >= 4 is 0 Å². The Balaban J connectivity index is 2.49. The van der Waals surface area contributed by atoms with E-state index in [9.17, 15) is 0 Å². The van der Waals surface area contributed by atoms with Crippen molar-refractivity contribution in [2.24, 2.45) is 5.11 Å². The summed E-state index contributed by atoms with van der Waals surface area (Å²) in [6.45, 7) is 1.12. The first kappa shape index (κ1) is 6.35. The summed E-state index contributed by atoms with van der Waals surface area (Å²) < 4.78 is 0. The van der Waals surface area contributed by atoms with Gasteiger partial charge in [0, 0.05) is 18.0 Å². The molecular formula is C4H8N4O. The zero-order valence-corrected chi connectivity index (χ0v) is 4.86. The van der Waals surface area contributed by atoms with Crippen molar-refractivity contribution in [3.05, 3.63) is 10.4 Å². The Morgan fingerprint density at radius 2 is 2.44 bits per heavy atom. The Morgan fingerprint density at radius 1 is 1.67 bits per heavy atom. The van der Waals surface area contributed by atoms with Gasteiger partial charge in [-0.25, -0.2) is 0 Å². The lowest BCUT2D eigenvalue weighted by molar-refractivity contribution is 0.179. The zero-order chi connectivity index (χ0) is 6.69. The molecule has 5 heteroatoms. The average molecular weight is 128 g/mol. The molecule has 5 nitrogen and oxygen atoms in total. The number of azide groups is 1. The molecule has 1 fully saturated rings. The molecule has 1 rings (SSSR count). The van der Waals surface area contributed by atoms with Crippen molar-refractivity contribution < 1.29 is 5.11 Å². The van der Waals surface area contributed by atoms with Crippen LogP contribution in [0, 0.1) is 0 Å². The van der Waals surface area contributed by atoms with Gasteiger partial charge in [-0.15, -0.1) is 0 Å². The number of hydrogen-bond acceptors (Lipinski definition) is 3. The molecule has 0 aromatic carbocycles. The molecule has 1 aliphatic heterocycles. The summed E-state index contributed by atoms with van der Waals surface area (Å²) in [7, 11) is 0. The van der Waals surface area contributed by atoms with E-state index in [1.54, 1.807) is 0 Å². The third-order valence-corrected chi connectivity index (χ3v) is 1.35. The maximum Gasteiger partial charge on any atom is 0.0770 e. The molecule has 50 valence electrons. The van der Waals surface area contributed by atoms with Crippen molar-refractivity contribution in [3.63, 3.8) is 0 Å². The lowest BCUT2D eigenvalue weighted by atomic mass is 10.2. The van der Waals surface area contributed by atoms with Crippen LogP contribution in [0.5, 0.6) is 0 Å². The summed E-state index contributed by atoms with van der Waals surface area (Å²) in [5, 5.41) is 15.3. The summed E-state index contributed by atoms with van der Waals surface area (Å²) in [4.78, 5) is 2.59. The second-order valence-corrected chi connectivity index (χ2v) is 2.00. The van der Waals surface area contributed by atoms with E-state index in [1.165, 1.54) is 0 Å². The minimum absolute atomic E-state index is 0.269. The number of hydrogen-bond donors (Lipinski definition) is 2. The van der Waals surface area contributed by atoms with Gasteiger partial charge in [-0.2, -0.15) is 0 Å². The predicted molar refractivity (Wildman–Crippen MR) is 31.8 cm³/mol. The van der Waals surface area contributed by atoms with Gasteiger partial charge in [-0.05, 0) is 5.53 Å². The second kappa shape index (κ2) is 2.68. The monoisotopic (exact) mass is 128 g/mol. The number of nitrogens with zero attached hydrogens (tertiary/aromatic N) is 3. The summed E-state index contributed by atoms with van der Waals surface area (Å²) >= 11 is 0. The van der Waals surface area contributed by atoms with Gasteiger partial charge in [-0.1, -0.05) is 5.11 Å². The molecule has 1 saturated heterocycles. The van der Waals surface area contributed by atoms with Gasteiger partial charge in [0.25, 0.3) is 0 Å². The van der Waals surface area contributed by atoms with Crippen LogP contribution in [0.2, 0.25) is 0 Å². The van der Waals surface area contributed by atoms with Gasteiger partial charge in [0.2, 0.25) is 0 Å². The standard InChI is InChI=1S/C4H8N4O/c5-8-7-3-1-6-2-4(3)9/h3-4,6,9H,1-2H2. The van der Waals surface area contributed by atoms with Crippen LogP contribution in [0.1, 0.15) is 0 Å². The lowest BCUT2D eigenvalue weighted by Crippen LogP contribution is -2.20. The van der Waals surface area contributed by atoms with Crippen LogP contribution >= 0.6 is 0 Å². The molecular weight excluding hydrogens is 120 g/mol. The number of nitrogens with one attached hydrogen (secondary N) is 1. The highest BCUT2D eigenvalue weighted by Crippen LogP contribution is 2.03. The second-order valence-electron chi connectivity index (χ2n) is 2.00. The van der Waals surface area contributed by atoms with E-state index >= 15 is 0 Å². The molecule has 0 saturated carbocycles. The van der Waals surface area contributed by atoms with E-state index in [4.69, 9.17) is 10.6 Å². The molecule has 0 aliphatic carbocycles. The van der Waals surface area contributed by atoms with Crippen LogP contribution in [0.15, 0.2) is 5.11 Å². The Labute approximate surface area is 52.3 Å². The van der Waals surface area contributed by atoms with E-state index in [0.717, 1.165) is 0 Å². The Hall–Kier alpha value is -0.770. The SMILES string of the molecule is [N-]=[N+]=NC1CNCC1O. The van der Waals surface area contributed by atoms with Gasteiger partial charge < -0.3 is 10.4 Å². The van der Waals surface area contributed by atoms with Crippen LogP contribution in [-0.4, -0.2) is 30.3 Å². The first-order valence-corrected chi connectivity index (χ1v) is 2.77. The van der Waals surface area contributed by atoms with Crippen molar-refractivity contribution in [1.82, 2.24) is 5.32 Å². The average Bonchev–Trinajstić information content (AvgIpc) is 2.18. The molecule has 1 heterocycles. The topological polar surface area (TPSA) is 81.0 Å². The minimum atomic E-state index is -0.499. The Bertz CT molecular complexity index is 142. The largest absolute Gasteiger partial charge is 0.391 e. The van der Waals surface area contributed by atoms with Gasteiger partial charge in [0.1, 0.15) is 0 Å². The van der Waals surface area contributed by atoms with Crippen LogP contribution < -0.4 is 5.32 Å². The van der Waals surface area contributed by atoms with Gasteiger partial charge in [-0.3, -0.25) is 0 Å². The molecule has 2 N–H and O–H groups in total. The Kier molecular flexibility index (Phi) is 1.89. The van der Waals surface area contributed by atoms with Gasteiger partial charge in [0.15, 0.2) is 0 Å². The first-order valence-electron chi connectivity index (χ1n) is 2.77. The third-order valence-electron chi connectivity index (χ3n) is 1.35. The molecule has 0 amide bonds. The van der Waals surface area contributed by atoms with Crippen molar-refractivity contribution in [3.8, 4) is 0 Å². The smallest absolute Gasteiger partial charge is 0.0770 e. The van der Waals surface area contributed by atoms with Crippen molar-refractivity contribution in [1.29, 1.82) is 0 Å². The van der Waals surface area contributed by atoms with Crippen LogP contribution in [-0.2, 0) is 0 Å². The van der Waals surface area contributed by atoms with E-state index in [2.05, 4.69) is 15.3 Å². The third kappa shape index (κ3) is 1.32. The number of aliphatic hydroxyl groups is 1. The molecule has 0 bridgehead atoms. The summed E-state index contributed by atoms with van der Waals surface area (Å²) in [5.41, 5.74) is 7.96. The molecule has 1 aliphatic rings. The quantitative estimate of drug-likeness (QED) is 0.287. The van der Waals surface area contributed by atoms with E-state index in [1.807, 2.05) is 0 Å². The molecule has 0 radical (unpaired) electrons. The predicted octanol–water partition coefficient (Wildman–Crippen LogP) is -0.371. The van der Waals surface area contributed by atoms with Gasteiger partial charge in [0.05, 0.1) is 12.1 Å². The highest BCUT2D eigenvalue weighted by atomic mass is 16.3. The maximum atomic E-state index is 8.99. The minimum Gasteiger partial charge on any atom is -0.391 e. The highest BCUT2D eigenvalue weighted by Gasteiger charge is 2.22. The summed E-state index contributed by atoms with van der Waals surface area (Å²) in [6.07, 6.45) is -0.499. The molecule has 0 aromatic heterocycles. The maximum absolute atomic E-state index is 8.99. The van der Waals surface area contributed by atoms with Crippen LogP contribution in [0.3, 0.4) is 0 Å². The summed E-state index contributed by atoms with van der Waals surface area (Å²) in [5.74, 6) is 0. The number of β-amino-alcohol motifs (C(OH)–C–C–N with tert-alkyl or cyclic N) is 1. The van der Waals surface area contributed by atoms with E-state index in [0.29, 0.717) is 13.1 Å². The van der Waals surface area contributed by atoms with Gasteiger partial charge >= 0.3 is 0 Å². The number of rotatable bonds is 1. The normalized spacial score (nSPS) is 33.9. The zero-order valence-electron chi connectivity index (χ0n) is 4.86. The molecule has 2 atom stereocenters. The highest BCUT2D eigenvalue weighted by molar-refractivity contribution is 4.86. The number of aliphatic hydroxyl groups excluding tert-OH is 1. The lowest BCUT2D eigenvalue weighted by Gasteiger charge is -2.02. The Morgan fingerprint density at radius 3 is 2.89 bits per heavy atom. The van der Waals surface area contributed by atoms with Crippen molar-refractivity contribution in [2.45, 2.75) is 12.1 Å². The summed E-state index contributed by atoms with van der Waals surface area (Å²) in [6, 6.07) is -0.269. The van der Waals surface area contributed by atoms with E-state index in [-0.39, 0.29) is 6.04 Å². The van der Waals surface area contributed by atoms with Crippen LogP contribution in [0.4, 0.5) is 0 Å².